The molecule has 0 amide bonds. The fraction of sp³-hybridized carbons (Fsp3) is 0.143. The van der Waals surface area contributed by atoms with Crippen LogP contribution >= 0.6 is 7.82 Å². The van der Waals surface area contributed by atoms with Crippen molar-refractivity contribution in [3.05, 3.63) is 53.2 Å². The molecule has 2 aromatic rings. The van der Waals surface area contributed by atoms with Crippen LogP contribution in [0.1, 0.15) is 21.5 Å². The fourth-order valence-electron chi connectivity index (χ4n) is 1.88. The van der Waals surface area contributed by atoms with Crippen LogP contribution in [0.4, 0.5) is 24.7 Å². The third kappa shape index (κ3) is 6.81. The minimum atomic E-state index is -4.64. The topological polar surface area (TPSA) is 140 Å². The first kappa shape index (κ1) is 21.6. The zero-order chi connectivity index (χ0) is 20.1. The van der Waals surface area contributed by atoms with Crippen LogP contribution in [0.2, 0.25) is 0 Å². The molecule has 0 bridgehead atoms. The predicted molar refractivity (Wildman–Crippen MR) is 84.9 cm³/mol. The number of aromatic nitrogens is 1. The molecule has 0 spiro atoms. The molecule has 142 valence electrons. The van der Waals surface area contributed by atoms with Crippen molar-refractivity contribution in [3.63, 3.8) is 0 Å². The zero-order valence-corrected chi connectivity index (χ0v) is 14.0. The Bertz CT molecular complexity index is 829. The molecule has 0 radical (unpaired) electrons. The average molecular weight is 394 g/mol. The number of carboxylic acids is 1. The van der Waals surface area contributed by atoms with Gasteiger partial charge in [-0.2, -0.15) is 13.2 Å². The van der Waals surface area contributed by atoms with Gasteiger partial charge < -0.3 is 25.1 Å². The van der Waals surface area contributed by atoms with Gasteiger partial charge in [0.15, 0.2) is 0 Å². The molecule has 0 aliphatic carbocycles. The number of hydrogen-bond acceptors (Lipinski definition) is 4. The smallest absolute Gasteiger partial charge is 0.466 e. The van der Waals surface area contributed by atoms with Crippen LogP contribution < -0.4 is 5.32 Å². The number of phosphoric acid groups is 1. The largest absolute Gasteiger partial charge is 0.478 e. The second-order valence-corrected chi connectivity index (χ2v) is 5.85. The van der Waals surface area contributed by atoms with E-state index < -0.39 is 25.5 Å². The lowest BCUT2D eigenvalue weighted by molar-refractivity contribution is -0.138. The number of halogens is 3. The van der Waals surface area contributed by atoms with Gasteiger partial charge in [0.05, 0.1) is 5.56 Å². The van der Waals surface area contributed by atoms with E-state index in [1.54, 1.807) is 0 Å². The van der Waals surface area contributed by atoms with Crippen molar-refractivity contribution in [2.24, 2.45) is 0 Å². The van der Waals surface area contributed by atoms with E-state index in [0.29, 0.717) is 0 Å². The van der Waals surface area contributed by atoms with Gasteiger partial charge in [-0.3, -0.25) is 0 Å². The molecule has 0 unspecified atom stereocenters. The van der Waals surface area contributed by atoms with E-state index >= 15 is 0 Å². The van der Waals surface area contributed by atoms with E-state index in [9.17, 15) is 18.0 Å². The highest BCUT2D eigenvalue weighted by atomic mass is 31.2. The number of carbonyl (C=O) groups is 1. The van der Waals surface area contributed by atoms with Gasteiger partial charge in [-0.1, -0.05) is 6.07 Å². The summed E-state index contributed by atoms with van der Waals surface area (Å²) < 4.78 is 47.4. The number of alkyl halides is 3. The number of anilines is 2. The van der Waals surface area contributed by atoms with Gasteiger partial charge in [0.25, 0.3) is 0 Å². The van der Waals surface area contributed by atoms with Crippen molar-refractivity contribution >= 4 is 25.3 Å². The first-order chi connectivity index (χ1) is 11.8. The first-order valence-corrected chi connectivity index (χ1v) is 8.27. The van der Waals surface area contributed by atoms with Crippen LogP contribution in [0.25, 0.3) is 0 Å². The van der Waals surface area contributed by atoms with E-state index in [-0.39, 0.29) is 22.6 Å². The van der Waals surface area contributed by atoms with E-state index in [1.807, 2.05) is 0 Å². The highest BCUT2D eigenvalue weighted by molar-refractivity contribution is 7.45. The zero-order valence-electron chi connectivity index (χ0n) is 13.1. The van der Waals surface area contributed by atoms with E-state index in [4.69, 9.17) is 24.4 Å². The van der Waals surface area contributed by atoms with Gasteiger partial charge in [-0.15, -0.1) is 0 Å². The monoisotopic (exact) mass is 394 g/mol. The Morgan fingerprint density at radius 1 is 1.15 bits per heavy atom. The molecule has 0 atom stereocenters. The molecule has 5 N–H and O–H groups in total. The Kier molecular flexibility index (Phi) is 6.87. The molecule has 12 heteroatoms. The summed E-state index contributed by atoms with van der Waals surface area (Å²) in [7, 11) is -4.64. The Labute approximate surface area is 145 Å². The summed E-state index contributed by atoms with van der Waals surface area (Å²) in [6.45, 7) is 1.31. The summed E-state index contributed by atoms with van der Waals surface area (Å²) in [5.74, 6) is -1.22. The van der Waals surface area contributed by atoms with Gasteiger partial charge in [-0.05, 0) is 36.8 Å². The SMILES string of the molecule is Cc1c(Nc2ncccc2C(=O)O)cccc1C(F)(F)F.O=P(O)(O)O. The summed E-state index contributed by atoms with van der Waals surface area (Å²) in [6, 6.07) is 6.41. The van der Waals surface area contributed by atoms with Crippen LogP contribution in [0.5, 0.6) is 0 Å². The van der Waals surface area contributed by atoms with Gasteiger partial charge >= 0.3 is 20.0 Å². The molecular formula is C14H14F3N2O6P. The molecule has 1 aromatic carbocycles. The molecule has 8 nitrogen and oxygen atoms in total. The van der Waals surface area contributed by atoms with Crippen LogP contribution in [0, 0.1) is 6.92 Å². The number of benzene rings is 1. The Morgan fingerprint density at radius 3 is 2.23 bits per heavy atom. The number of nitrogens with zero attached hydrogens (tertiary/aromatic N) is 1. The lowest BCUT2D eigenvalue weighted by atomic mass is 10.1. The van der Waals surface area contributed by atoms with Crippen LogP contribution in [0.15, 0.2) is 36.5 Å². The van der Waals surface area contributed by atoms with Crippen LogP contribution in [-0.4, -0.2) is 30.7 Å². The highest BCUT2D eigenvalue weighted by Crippen LogP contribution is 2.35. The molecule has 2 rings (SSSR count). The van der Waals surface area contributed by atoms with Crippen LogP contribution in [0.3, 0.4) is 0 Å². The van der Waals surface area contributed by atoms with Crippen molar-refractivity contribution in [1.29, 1.82) is 0 Å². The molecule has 0 saturated carbocycles. The molecule has 0 fully saturated rings. The molecular weight excluding hydrogens is 380 g/mol. The molecule has 0 aliphatic heterocycles. The normalized spacial score (nSPS) is 11.3. The summed E-state index contributed by atoms with van der Waals surface area (Å²) >= 11 is 0. The first-order valence-electron chi connectivity index (χ1n) is 6.71. The number of rotatable bonds is 3. The van der Waals surface area contributed by atoms with Gasteiger partial charge in [-0.25, -0.2) is 14.3 Å². The average Bonchev–Trinajstić information content (AvgIpc) is 2.47. The number of hydrogen-bond donors (Lipinski definition) is 5. The van der Waals surface area contributed by atoms with Crippen molar-refractivity contribution < 1.29 is 42.3 Å². The van der Waals surface area contributed by atoms with Crippen molar-refractivity contribution in [3.8, 4) is 0 Å². The van der Waals surface area contributed by atoms with E-state index in [0.717, 1.165) is 6.07 Å². The Balaban J connectivity index is 0.000000597. The summed E-state index contributed by atoms with van der Waals surface area (Å²) in [6.07, 6.45) is -3.11. The van der Waals surface area contributed by atoms with E-state index in [1.165, 1.54) is 37.4 Å². The molecule has 0 aliphatic rings. The van der Waals surface area contributed by atoms with Crippen molar-refractivity contribution in [1.82, 2.24) is 4.98 Å². The summed E-state index contributed by atoms with van der Waals surface area (Å²) in [4.78, 5) is 36.5. The molecule has 1 heterocycles. The molecule has 26 heavy (non-hydrogen) atoms. The van der Waals surface area contributed by atoms with Gasteiger partial charge in [0, 0.05) is 11.9 Å². The third-order valence-electron chi connectivity index (χ3n) is 2.93. The van der Waals surface area contributed by atoms with Crippen molar-refractivity contribution in [2.45, 2.75) is 13.1 Å². The fourth-order valence-corrected chi connectivity index (χ4v) is 1.88. The predicted octanol–water partition coefficient (Wildman–Crippen LogP) is 2.92. The maximum absolute atomic E-state index is 12.8. The quantitative estimate of drug-likeness (QED) is 0.501. The Hall–Kier alpha value is -2.46. The maximum atomic E-state index is 12.8. The summed E-state index contributed by atoms with van der Waals surface area (Å²) in [5, 5.41) is 11.7. The molecule has 1 aromatic heterocycles. The second-order valence-electron chi connectivity index (χ2n) is 4.82. The minimum absolute atomic E-state index is 0.00701. The van der Waals surface area contributed by atoms with Crippen molar-refractivity contribution in [2.75, 3.05) is 5.32 Å². The third-order valence-corrected chi connectivity index (χ3v) is 2.93. The lowest BCUT2D eigenvalue weighted by Crippen LogP contribution is -2.10. The minimum Gasteiger partial charge on any atom is -0.478 e. The van der Waals surface area contributed by atoms with Gasteiger partial charge in [0.1, 0.15) is 11.4 Å². The maximum Gasteiger partial charge on any atom is 0.466 e. The standard InChI is InChI=1S/C14H11F3N2O2.H3O4P/c1-8-10(14(15,16)17)5-2-6-11(8)19-12-9(13(20)21)4-3-7-18-12;1-5(2,3)4/h2-7H,1H3,(H,18,19)(H,20,21);(H3,1,2,3,4). The number of aromatic carboxylic acids is 1. The Morgan fingerprint density at radius 2 is 1.73 bits per heavy atom. The van der Waals surface area contributed by atoms with E-state index in [2.05, 4.69) is 10.3 Å². The highest BCUT2D eigenvalue weighted by Gasteiger charge is 2.33. The summed E-state index contributed by atoms with van der Waals surface area (Å²) in [5.41, 5.74) is -0.757. The second kappa shape index (κ2) is 8.28. The number of nitrogens with one attached hydrogen (secondary N) is 1. The van der Waals surface area contributed by atoms with Gasteiger partial charge in [0.2, 0.25) is 0 Å². The van der Waals surface area contributed by atoms with Crippen LogP contribution in [-0.2, 0) is 10.7 Å². The molecule has 0 saturated heterocycles. The number of carboxylic acid groups (broad SMARTS) is 1. The number of pyridine rings is 1. The lowest BCUT2D eigenvalue weighted by Gasteiger charge is -2.15.